The van der Waals surface area contributed by atoms with Gasteiger partial charge in [-0.25, -0.2) is 0 Å². The molecule has 136 valence electrons. The van der Waals surface area contributed by atoms with E-state index in [2.05, 4.69) is 24.5 Å². The van der Waals surface area contributed by atoms with Crippen LogP contribution >= 0.6 is 0 Å². The minimum atomic E-state index is -0.667. The lowest BCUT2D eigenvalue weighted by Crippen LogP contribution is -2.30. The SMILES string of the molecule is CC(Oc1cccc(C(C)C)c1)C(=O)Nc1ccc2c(c1)NC(=O)CO2. The van der Waals surface area contributed by atoms with Gasteiger partial charge in [-0.3, -0.25) is 9.59 Å². The number of hydrogen-bond acceptors (Lipinski definition) is 4. The predicted octanol–water partition coefficient (Wildman–Crippen LogP) is 3.55. The van der Waals surface area contributed by atoms with E-state index < -0.39 is 6.10 Å². The third-order valence-corrected chi connectivity index (χ3v) is 4.09. The van der Waals surface area contributed by atoms with Crippen LogP contribution < -0.4 is 20.1 Å². The highest BCUT2D eigenvalue weighted by molar-refractivity contribution is 5.98. The Kier molecular flexibility index (Phi) is 5.11. The molecule has 2 N–H and O–H groups in total. The molecule has 6 nitrogen and oxygen atoms in total. The molecule has 2 amide bonds. The van der Waals surface area contributed by atoms with E-state index in [0.717, 1.165) is 5.56 Å². The van der Waals surface area contributed by atoms with Gasteiger partial charge in [0.2, 0.25) is 0 Å². The molecule has 2 aromatic rings. The third-order valence-electron chi connectivity index (χ3n) is 4.09. The fourth-order valence-corrected chi connectivity index (χ4v) is 2.61. The maximum atomic E-state index is 12.4. The van der Waals surface area contributed by atoms with Crippen molar-refractivity contribution in [1.82, 2.24) is 0 Å². The number of anilines is 2. The molecule has 1 heterocycles. The second kappa shape index (κ2) is 7.47. The van der Waals surface area contributed by atoms with Crippen molar-refractivity contribution < 1.29 is 19.1 Å². The molecule has 6 heteroatoms. The minimum absolute atomic E-state index is 0.000971. The lowest BCUT2D eigenvalue weighted by molar-refractivity contribution is -0.122. The Labute approximate surface area is 152 Å². The molecule has 0 radical (unpaired) electrons. The molecule has 0 fully saturated rings. The van der Waals surface area contributed by atoms with E-state index >= 15 is 0 Å². The van der Waals surface area contributed by atoms with Crippen LogP contribution in [0.25, 0.3) is 0 Å². The standard InChI is InChI=1S/C20H22N2O4/c1-12(2)14-5-4-6-16(9-14)26-13(3)20(24)21-15-7-8-18-17(10-15)22-19(23)11-25-18/h4-10,12-13H,11H2,1-3H3,(H,21,24)(H,22,23). The monoisotopic (exact) mass is 354 g/mol. The summed E-state index contributed by atoms with van der Waals surface area (Å²) in [6.07, 6.45) is -0.667. The van der Waals surface area contributed by atoms with Crippen LogP contribution in [0.4, 0.5) is 11.4 Å². The smallest absolute Gasteiger partial charge is 0.265 e. The van der Waals surface area contributed by atoms with E-state index in [1.807, 2.05) is 24.3 Å². The molecular weight excluding hydrogens is 332 g/mol. The van der Waals surface area contributed by atoms with Crippen LogP contribution in [-0.4, -0.2) is 24.5 Å². The number of benzene rings is 2. The van der Waals surface area contributed by atoms with E-state index in [4.69, 9.17) is 9.47 Å². The molecule has 26 heavy (non-hydrogen) atoms. The molecule has 0 aromatic heterocycles. The zero-order valence-electron chi connectivity index (χ0n) is 15.0. The van der Waals surface area contributed by atoms with Crippen LogP contribution in [0.15, 0.2) is 42.5 Å². The molecule has 2 aromatic carbocycles. The first-order chi connectivity index (χ1) is 12.4. The summed E-state index contributed by atoms with van der Waals surface area (Å²) in [6.45, 7) is 5.90. The quantitative estimate of drug-likeness (QED) is 0.861. The van der Waals surface area contributed by atoms with Gasteiger partial charge in [0.15, 0.2) is 12.7 Å². The lowest BCUT2D eigenvalue weighted by atomic mass is 10.0. The van der Waals surface area contributed by atoms with Crippen molar-refractivity contribution in [2.24, 2.45) is 0 Å². The Morgan fingerprint density at radius 3 is 2.77 bits per heavy atom. The van der Waals surface area contributed by atoms with E-state index in [1.165, 1.54) is 0 Å². The second-order valence-electron chi connectivity index (χ2n) is 6.52. The van der Waals surface area contributed by atoms with Gasteiger partial charge < -0.3 is 20.1 Å². The first kappa shape index (κ1) is 17.8. The van der Waals surface area contributed by atoms with Crippen LogP contribution in [0, 0.1) is 0 Å². The normalized spacial score (nSPS) is 14.1. The van der Waals surface area contributed by atoms with Gasteiger partial charge in [-0.15, -0.1) is 0 Å². The molecule has 0 saturated heterocycles. The summed E-state index contributed by atoms with van der Waals surface area (Å²) in [5.41, 5.74) is 2.25. The number of fused-ring (bicyclic) bond motifs is 1. The maximum absolute atomic E-state index is 12.4. The van der Waals surface area contributed by atoms with Crippen LogP contribution in [0.2, 0.25) is 0 Å². The Hall–Kier alpha value is -3.02. The number of ether oxygens (including phenoxy) is 2. The highest BCUT2D eigenvalue weighted by Crippen LogP contribution is 2.30. The van der Waals surface area contributed by atoms with Gasteiger partial charge in [-0.05, 0) is 48.7 Å². The van der Waals surface area contributed by atoms with Crippen LogP contribution in [-0.2, 0) is 9.59 Å². The van der Waals surface area contributed by atoms with E-state index in [1.54, 1.807) is 25.1 Å². The van der Waals surface area contributed by atoms with Crippen molar-refractivity contribution in [3.63, 3.8) is 0 Å². The van der Waals surface area contributed by atoms with Crippen molar-refractivity contribution in [3.05, 3.63) is 48.0 Å². The summed E-state index contributed by atoms with van der Waals surface area (Å²) >= 11 is 0. The van der Waals surface area contributed by atoms with Gasteiger partial charge in [0, 0.05) is 5.69 Å². The lowest BCUT2D eigenvalue weighted by Gasteiger charge is -2.19. The molecule has 1 unspecified atom stereocenters. The van der Waals surface area contributed by atoms with Gasteiger partial charge in [0.25, 0.3) is 11.8 Å². The topological polar surface area (TPSA) is 76.7 Å². The average molecular weight is 354 g/mol. The van der Waals surface area contributed by atoms with E-state index in [-0.39, 0.29) is 18.4 Å². The fraction of sp³-hybridized carbons (Fsp3) is 0.300. The van der Waals surface area contributed by atoms with Gasteiger partial charge in [0.05, 0.1) is 5.69 Å². The number of amides is 2. The maximum Gasteiger partial charge on any atom is 0.265 e. The van der Waals surface area contributed by atoms with Gasteiger partial charge >= 0.3 is 0 Å². The largest absolute Gasteiger partial charge is 0.482 e. The summed E-state index contributed by atoms with van der Waals surface area (Å²) in [5.74, 6) is 1.13. The van der Waals surface area contributed by atoms with Crippen LogP contribution in [0.3, 0.4) is 0 Å². The zero-order chi connectivity index (χ0) is 18.7. The van der Waals surface area contributed by atoms with Crippen molar-refractivity contribution in [1.29, 1.82) is 0 Å². The van der Waals surface area contributed by atoms with Crippen LogP contribution in [0.1, 0.15) is 32.3 Å². The molecule has 1 aliphatic heterocycles. The molecule has 0 saturated carbocycles. The Morgan fingerprint density at radius 1 is 1.19 bits per heavy atom. The number of nitrogens with one attached hydrogen (secondary N) is 2. The molecule has 3 rings (SSSR count). The Morgan fingerprint density at radius 2 is 2.00 bits per heavy atom. The summed E-state index contributed by atoms with van der Waals surface area (Å²) in [7, 11) is 0. The summed E-state index contributed by atoms with van der Waals surface area (Å²) in [6, 6.07) is 12.8. The summed E-state index contributed by atoms with van der Waals surface area (Å²) in [5, 5.41) is 5.51. The van der Waals surface area contributed by atoms with E-state index in [9.17, 15) is 9.59 Å². The molecule has 0 aliphatic carbocycles. The molecule has 0 bridgehead atoms. The van der Waals surface area contributed by atoms with Gasteiger partial charge in [0.1, 0.15) is 11.5 Å². The van der Waals surface area contributed by atoms with Crippen molar-refractivity contribution in [2.75, 3.05) is 17.2 Å². The first-order valence-electron chi connectivity index (χ1n) is 8.56. The van der Waals surface area contributed by atoms with E-state index in [0.29, 0.717) is 28.8 Å². The highest BCUT2D eigenvalue weighted by Gasteiger charge is 2.19. The fourth-order valence-electron chi connectivity index (χ4n) is 2.61. The van der Waals surface area contributed by atoms with Crippen molar-refractivity contribution in [2.45, 2.75) is 32.8 Å². The van der Waals surface area contributed by atoms with Crippen molar-refractivity contribution >= 4 is 23.2 Å². The number of rotatable bonds is 5. The second-order valence-corrected chi connectivity index (χ2v) is 6.52. The predicted molar refractivity (Wildman–Crippen MR) is 99.8 cm³/mol. The third kappa shape index (κ3) is 4.14. The van der Waals surface area contributed by atoms with Gasteiger partial charge in [-0.1, -0.05) is 26.0 Å². The van der Waals surface area contributed by atoms with Crippen LogP contribution in [0.5, 0.6) is 11.5 Å². The highest BCUT2D eigenvalue weighted by atomic mass is 16.5. The first-order valence-corrected chi connectivity index (χ1v) is 8.56. The number of carbonyl (C=O) groups excluding carboxylic acids is 2. The van der Waals surface area contributed by atoms with Gasteiger partial charge in [-0.2, -0.15) is 0 Å². The molecule has 1 atom stereocenters. The molecule has 0 spiro atoms. The number of carbonyl (C=O) groups is 2. The average Bonchev–Trinajstić information content (AvgIpc) is 2.61. The van der Waals surface area contributed by atoms with Crippen molar-refractivity contribution in [3.8, 4) is 11.5 Å². The molecular formula is C20H22N2O4. The Bertz CT molecular complexity index is 832. The Balaban J connectivity index is 1.65. The summed E-state index contributed by atoms with van der Waals surface area (Å²) in [4.78, 5) is 23.8. The number of hydrogen-bond donors (Lipinski definition) is 2. The zero-order valence-corrected chi connectivity index (χ0v) is 15.0. The summed E-state index contributed by atoms with van der Waals surface area (Å²) < 4.78 is 11.1. The molecule has 1 aliphatic rings. The minimum Gasteiger partial charge on any atom is -0.482 e.